The Balaban J connectivity index is 1.55. The number of amides is 3. The van der Waals surface area contributed by atoms with Gasteiger partial charge in [-0.05, 0) is 49.1 Å². The standard InChI is InChI=1S/C27H30N4O3/c1-30-23-11-7-6-10-21(23)27(25(30)32)24-19(20-16-18(34-2)12-13-22(20)29-24)14-15-31(27)26(33)28-17-8-4-3-5-9-17/h6-7,10-13,16-17,29H,3-5,8-9,14-15H2,1-2H3,(H,28,33)/t27-/m1/s1. The molecule has 2 aromatic carbocycles. The number of likely N-dealkylation sites (N-methyl/N-ethyl adjacent to an activating group) is 1. The van der Waals surface area contributed by atoms with Gasteiger partial charge < -0.3 is 24.8 Å². The van der Waals surface area contributed by atoms with E-state index in [2.05, 4.69) is 10.3 Å². The third-order valence-electron chi connectivity index (χ3n) is 7.91. The molecule has 2 N–H and O–H groups in total. The molecule has 7 heteroatoms. The van der Waals surface area contributed by atoms with Crippen LogP contribution >= 0.6 is 0 Å². The third kappa shape index (κ3) is 2.82. The van der Waals surface area contributed by atoms with Crippen molar-refractivity contribution < 1.29 is 14.3 Å². The van der Waals surface area contributed by atoms with E-state index in [1.54, 1.807) is 24.0 Å². The predicted octanol–water partition coefficient (Wildman–Crippen LogP) is 4.30. The molecule has 0 radical (unpaired) electrons. The molecule has 0 bridgehead atoms. The van der Waals surface area contributed by atoms with Crippen LogP contribution in [0.4, 0.5) is 10.5 Å². The molecule has 1 atom stereocenters. The molecule has 0 saturated heterocycles. The third-order valence-corrected chi connectivity index (χ3v) is 7.91. The number of fused-ring (bicyclic) bond motifs is 6. The summed E-state index contributed by atoms with van der Waals surface area (Å²) in [5, 5.41) is 4.31. The van der Waals surface area contributed by atoms with E-state index in [9.17, 15) is 9.59 Å². The number of hydrogen-bond donors (Lipinski definition) is 2. The molecule has 1 fully saturated rings. The summed E-state index contributed by atoms with van der Waals surface area (Å²) in [6.07, 6.45) is 6.14. The molecule has 3 heterocycles. The molecule has 3 aliphatic rings. The van der Waals surface area contributed by atoms with E-state index < -0.39 is 5.54 Å². The minimum Gasteiger partial charge on any atom is -0.497 e. The molecular weight excluding hydrogens is 428 g/mol. The highest BCUT2D eigenvalue weighted by molar-refractivity contribution is 6.12. The summed E-state index contributed by atoms with van der Waals surface area (Å²) in [4.78, 5) is 35.0. The Morgan fingerprint density at radius 1 is 1.15 bits per heavy atom. The minimum absolute atomic E-state index is 0.105. The highest BCUT2D eigenvalue weighted by Crippen LogP contribution is 2.51. The molecule has 0 unspecified atom stereocenters. The maximum Gasteiger partial charge on any atom is 0.319 e. The van der Waals surface area contributed by atoms with Crippen molar-refractivity contribution in [3.05, 3.63) is 59.3 Å². The second-order valence-corrected chi connectivity index (χ2v) is 9.67. The molecule has 3 aromatic rings. The highest BCUT2D eigenvalue weighted by Gasteiger charge is 2.60. The summed E-state index contributed by atoms with van der Waals surface area (Å²) in [6, 6.07) is 13.8. The molecule has 2 aliphatic heterocycles. The van der Waals surface area contributed by atoms with Crippen LogP contribution in [-0.4, -0.2) is 48.6 Å². The number of nitrogens with one attached hydrogen (secondary N) is 2. The van der Waals surface area contributed by atoms with E-state index in [0.717, 1.165) is 64.8 Å². The van der Waals surface area contributed by atoms with Crippen LogP contribution in [0.5, 0.6) is 5.75 Å². The van der Waals surface area contributed by atoms with Crippen molar-refractivity contribution in [2.24, 2.45) is 0 Å². The van der Waals surface area contributed by atoms with Gasteiger partial charge in [-0.25, -0.2) is 4.79 Å². The summed E-state index contributed by atoms with van der Waals surface area (Å²) in [5.74, 6) is 0.669. The maximum absolute atomic E-state index is 14.2. The number of carbonyl (C=O) groups excluding carboxylic acids is 2. The van der Waals surface area contributed by atoms with E-state index in [1.165, 1.54) is 6.42 Å². The Kier molecular flexibility index (Phi) is 4.83. The lowest BCUT2D eigenvalue weighted by Crippen LogP contribution is -2.62. The van der Waals surface area contributed by atoms with Crippen molar-refractivity contribution in [2.45, 2.75) is 50.1 Å². The van der Waals surface area contributed by atoms with Gasteiger partial charge >= 0.3 is 6.03 Å². The molecule has 1 saturated carbocycles. The van der Waals surface area contributed by atoms with Gasteiger partial charge in [-0.15, -0.1) is 0 Å². The average Bonchev–Trinajstić information content (AvgIpc) is 3.35. The number of para-hydroxylation sites is 1. The number of rotatable bonds is 2. The first-order chi connectivity index (χ1) is 16.6. The summed E-state index contributed by atoms with van der Waals surface area (Å²) < 4.78 is 5.47. The van der Waals surface area contributed by atoms with E-state index in [-0.39, 0.29) is 18.0 Å². The zero-order valence-electron chi connectivity index (χ0n) is 19.7. The second-order valence-electron chi connectivity index (χ2n) is 9.67. The first-order valence-electron chi connectivity index (χ1n) is 12.2. The summed E-state index contributed by atoms with van der Waals surface area (Å²) in [6.45, 7) is 0.462. The number of carbonyl (C=O) groups is 2. The fraction of sp³-hybridized carbons (Fsp3) is 0.407. The van der Waals surface area contributed by atoms with Gasteiger partial charge in [0, 0.05) is 41.8 Å². The quantitative estimate of drug-likeness (QED) is 0.601. The largest absolute Gasteiger partial charge is 0.497 e. The number of methoxy groups -OCH3 is 1. The Labute approximate surface area is 199 Å². The molecule has 1 aromatic heterocycles. The van der Waals surface area contributed by atoms with Crippen LogP contribution in [-0.2, 0) is 16.8 Å². The number of ether oxygens (including phenoxy) is 1. The van der Waals surface area contributed by atoms with Gasteiger partial charge in [0.25, 0.3) is 5.91 Å². The number of aromatic nitrogens is 1. The van der Waals surface area contributed by atoms with E-state index in [0.29, 0.717) is 13.0 Å². The van der Waals surface area contributed by atoms with Gasteiger partial charge in [-0.3, -0.25) is 4.79 Å². The molecule has 34 heavy (non-hydrogen) atoms. The lowest BCUT2D eigenvalue weighted by Gasteiger charge is -2.44. The smallest absolute Gasteiger partial charge is 0.319 e. The van der Waals surface area contributed by atoms with Crippen LogP contribution in [0.25, 0.3) is 10.9 Å². The van der Waals surface area contributed by atoms with Gasteiger partial charge in [-0.1, -0.05) is 37.5 Å². The van der Waals surface area contributed by atoms with E-state index in [1.807, 2.05) is 42.5 Å². The first kappa shape index (κ1) is 21.1. The van der Waals surface area contributed by atoms with Gasteiger partial charge in [0.1, 0.15) is 5.75 Å². The number of H-pyrrole nitrogens is 1. The van der Waals surface area contributed by atoms with Crippen LogP contribution in [0.2, 0.25) is 0 Å². The minimum atomic E-state index is -1.22. The second kappa shape index (κ2) is 7.79. The Bertz CT molecular complexity index is 1290. The van der Waals surface area contributed by atoms with Crippen molar-refractivity contribution in [2.75, 3.05) is 25.6 Å². The SMILES string of the molecule is COc1ccc2[nH]c3c(c2c1)CCN(C(=O)NC1CCCCC1)[C@@]31C(=O)N(C)c2ccccc21. The summed E-state index contributed by atoms with van der Waals surface area (Å²) in [7, 11) is 3.46. The highest BCUT2D eigenvalue weighted by atomic mass is 16.5. The molecule has 7 nitrogen and oxygen atoms in total. The number of nitrogens with zero attached hydrogens (tertiary/aromatic N) is 2. The molecule has 1 aliphatic carbocycles. The Morgan fingerprint density at radius 2 is 1.94 bits per heavy atom. The number of urea groups is 1. The summed E-state index contributed by atoms with van der Waals surface area (Å²) >= 11 is 0. The number of aromatic amines is 1. The lowest BCUT2D eigenvalue weighted by molar-refractivity contribution is -0.126. The van der Waals surface area contributed by atoms with Gasteiger partial charge in [0.05, 0.1) is 12.8 Å². The zero-order chi connectivity index (χ0) is 23.4. The van der Waals surface area contributed by atoms with Crippen LogP contribution in [0.3, 0.4) is 0 Å². The van der Waals surface area contributed by atoms with E-state index >= 15 is 0 Å². The average molecular weight is 459 g/mol. The van der Waals surface area contributed by atoms with Crippen LogP contribution in [0.1, 0.15) is 48.9 Å². The summed E-state index contributed by atoms with van der Waals surface area (Å²) in [5.41, 5.74) is 3.29. The Hall–Kier alpha value is -3.48. The van der Waals surface area contributed by atoms with Crippen LogP contribution < -0.4 is 15.0 Å². The monoisotopic (exact) mass is 458 g/mol. The fourth-order valence-electron chi connectivity index (χ4n) is 6.24. The normalized spacial score (nSPS) is 22.2. The molecule has 6 rings (SSSR count). The van der Waals surface area contributed by atoms with Gasteiger partial charge in [-0.2, -0.15) is 0 Å². The lowest BCUT2D eigenvalue weighted by atomic mass is 9.80. The molecule has 1 spiro atoms. The molecule has 176 valence electrons. The van der Waals surface area contributed by atoms with Crippen LogP contribution in [0, 0.1) is 0 Å². The van der Waals surface area contributed by atoms with Crippen molar-refractivity contribution in [3.63, 3.8) is 0 Å². The van der Waals surface area contributed by atoms with Crippen molar-refractivity contribution in [1.82, 2.24) is 15.2 Å². The first-order valence-corrected chi connectivity index (χ1v) is 12.2. The predicted molar refractivity (Wildman–Crippen MR) is 131 cm³/mol. The molecular formula is C27H30N4O3. The zero-order valence-corrected chi connectivity index (χ0v) is 19.7. The van der Waals surface area contributed by atoms with E-state index in [4.69, 9.17) is 4.74 Å². The van der Waals surface area contributed by atoms with Gasteiger partial charge in [0.15, 0.2) is 5.54 Å². The van der Waals surface area contributed by atoms with Crippen molar-refractivity contribution in [3.8, 4) is 5.75 Å². The topological polar surface area (TPSA) is 77.7 Å². The maximum atomic E-state index is 14.2. The van der Waals surface area contributed by atoms with Crippen LogP contribution in [0.15, 0.2) is 42.5 Å². The number of anilines is 1. The van der Waals surface area contributed by atoms with Crippen molar-refractivity contribution >= 4 is 28.5 Å². The fourth-order valence-corrected chi connectivity index (χ4v) is 6.24. The number of hydrogen-bond acceptors (Lipinski definition) is 3. The number of benzene rings is 2. The van der Waals surface area contributed by atoms with Gasteiger partial charge in [0.2, 0.25) is 0 Å². The molecule has 3 amide bonds. The van der Waals surface area contributed by atoms with Crippen molar-refractivity contribution in [1.29, 1.82) is 0 Å². The Morgan fingerprint density at radius 3 is 2.74 bits per heavy atom.